The van der Waals surface area contributed by atoms with Gasteiger partial charge in [0, 0.05) is 17.7 Å². The molecular weight excluding hydrogens is 356 g/mol. The predicted molar refractivity (Wildman–Crippen MR) is 83.2 cm³/mol. The van der Waals surface area contributed by atoms with Crippen LogP contribution in [0.3, 0.4) is 0 Å². The number of hydrogen-bond acceptors (Lipinski definition) is 4. The van der Waals surface area contributed by atoms with Crippen molar-refractivity contribution in [3.05, 3.63) is 40.3 Å². The van der Waals surface area contributed by atoms with Crippen molar-refractivity contribution in [1.82, 2.24) is 29.4 Å². The van der Waals surface area contributed by atoms with Crippen molar-refractivity contribution >= 4 is 44.1 Å². The Balaban J connectivity index is 2.11. The van der Waals surface area contributed by atoms with Gasteiger partial charge in [0.15, 0.2) is 11.5 Å². The molecule has 1 aromatic carbocycles. The summed E-state index contributed by atoms with van der Waals surface area (Å²) in [6.07, 6.45) is 3.57. The van der Waals surface area contributed by atoms with Crippen LogP contribution in [-0.2, 0) is 7.05 Å². The SMILES string of the molecule is Cn1cc(-c2nc3c4c(Br)cccc4nc(Cl)n3n2)cn1. The first kappa shape index (κ1) is 12.7. The van der Waals surface area contributed by atoms with E-state index >= 15 is 0 Å². The van der Waals surface area contributed by atoms with Crippen LogP contribution in [0.2, 0.25) is 5.28 Å². The fourth-order valence-corrected chi connectivity index (χ4v) is 2.98. The van der Waals surface area contributed by atoms with Crippen LogP contribution in [0, 0.1) is 0 Å². The van der Waals surface area contributed by atoms with E-state index in [-0.39, 0.29) is 5.28 Å². The highest BCUT2D eigenvalue weighted by molar-refractivity contribution is 9.10. The van der Waals surface area contributed by atoms with Crippen molar-refractivity contribution in [2.24, 2.45) is 7.05 Å². The molecule has 3 aromatic heterocycles. The summed E-state index contributed by atoms with van der Waals surface area (Å²) < 4.78 is 4.14. The lowest BCUT2D eigenvalue weighted by atomic mass is 10.2. The summed E-state index contributed by atoms with van der Waals surface area (Å²) >= 11 is 9.74. The maximum Gasteiger partial charge on any atom is 0.226 e. The van der Waals surface area contributed by atoms with E-state index in [1.807, 2.05) is 31.4 Å². The van der Waals surface area contributed by atoms with Gasteiger partial charge in [0.05, 0.1) is 22.7 Å². The summed E-state index contributed by atoms with van der Waals surface area (Å²) in [6, 6.07) is 5.74. The summed E-state index contributed by atoms with van der Waals surface area (Å²) in [4.78, 5) is 8.94. The topological polar surface area (TPSA) is 60.9 Å². The van der Waals surface area contributed by atoms with Crippen LogP contribution in [0.4, 0.5) is 0 Å². The number of benzene rings is 1. The zero-order valence-corrected chi connectivity index (χ0v) is 13.2. The molecule has 0 aliphatic carbocycles. The highest BCUT2D eigenvalue weighted by Crippen LogP contribution is 2.29. The Bertz CT molecular complexity index is 989. The van der Waals surface area contributed by atoms with Crippen molar-refractivity contribution in [2.45, 2.75) is 0 Å². The van der Waals surface area contributed by atoms with E-state index in [0.717, 1.165) is 20.9 Å². The quantitative estimate of drug-likeness (QED) is 0.488. The maximum atomic E-state index is 6.21. The van der Waals surface area contributed by atoms with Crippen molar-refractivity contribution in [1.29, 1.82) is 0 Å². The van der Waals surface area contributed by atoms with Crippen LogP contribution < -0.4 is 0 Å². The van der Waals surface area contributed by atoms with Gasteiger partial charge in [-0.2, -0.15) is 9.61 Å². The highest BCUT2D eigenvalue weighted by Gasteiger charge is 2.15. The third-order valence-corrected chi connectivity index (χ3v) is 4.08. The Hall–Kier alpha value is -1.99. The van der Waals surface area contributed by atoms with E-state index in [4.69, 9.17) is 11.6 Å². The van der Waals surface area contributed by atoms with Gasteiger partial charge >= 0.3 is 0 Å². The molecule has 0 atom stereocenters. The minimum atomic E-state index is 0.276. The summed E-state index contributed by atoms with van der Waals surface area (Å²) in [5.41, 5.74) is 2.26. The Kier molecular flexibility index (Phi) is 2.73. The van der Waals surface area contributed by atoms with Crippen molar-refractivity contribution < 1.29 is 0 Å². The number of rotatable bonds is 1. The molecule has 6 nitrogen and oxygen atoms in total. The second kappa shape index (κ2) is 4.51. The van der Waals surface area contributed by atoms with E-state index in [9.17, 15) is 0 Å². The summed E-state index contributed by atoms with van der Waals surface area (Å²) in [5.74, 6) is 0.565. The molecule has 0 spiro atoms. The Morgan fingerprint density at radius 2 is 2.10 bits per heavy atom. The number of aryl methyl sites for hydroxylation is 1. The molecule has 21 heavy (non-hydrogen) atoms. The molecule has 104 valence electrons. The van der Waals surface area contributed by atoms with Gasteiger partial charge in [0.25, 0.3) is 0 Å². The van der Waals surface area contributed by atoms with E-state index in [1.54, 1.807) is 10.9 Å². The first-order valence-electron chi connectivity index (χ1n) is 6.13. The Morgan fingerprint density at radius 3 is 2.86 bits per heavy atom. The van der Waals surface area contributed by atoms with Gasteiger partial charge in [-0.15, -0.1) is 5.10 Å². The molecule has 8 heteroatoms. The first-order valence-corrected chi connectivity index (χ1v) is 7.30. The second-order valence-corrected chi connectivity index (χ2v) is 5.78. The van der Waals surface area contributed by atoms with Crippen molar-refractivity contribution in [3.8, 4) is 11.4 Å². The van der Waals surface area contributed by atoms with Crippen LogP contribution in [-0.4, -0.2) is 29.4 Å². The first-order chi connectivity index (χ1) is 10.1. The second-order valence-electron chi connectivity index (χ2n) is 4.59. The molecule has 0 bridgehead atoms. The van der Waals surface area contributed by atoms with Gasteiger partial charge in [0.1, 0.15) is 0 Å². The summed E-state index contributed by atoms with van der Waals surface area (Å²) in [5, 5.41) is 9.71. The van der Waals surface area contributed by atoms with Gasteiger partial charge in [-0.25, -0.2) is 9.97 Å². The smallest absolute Gasteiger partial charge is 0.226 e. The van der Waals surface area contributed by atoms with Gasteiger partial charge in [-0.05, 0) is 39.7 Å². The van der Waals surface area contributed by atoms with Crippen LogP contribution >= 0.6 is 27.5 Å². The van der Waals surface area contributed by atoms with Gasteiger partial charge in [-0.1, -0.05) is 6.07 Å². The van der Waals surface area contributed by atoms with E-state index in [1.165, 1.54) is 4.52 Å². The van der Waals surface area contributed by atoms with Gasteiger partial charge < -0.3 is 0 Å². The minimum absolute atomic E-state index is 0.276. The molecule has 0 radical (unpaired) electrons. The van der Waals surface area contributed by atoms with Crippen molar-refractivity contribution in [2.75, 3.05) is 0 Å². The number of halogens is 2. The lowest BCUT2D eigenvalue weighted by Gasteiger charge is -2.02. The summed E-state index contributed by atoms with van der Waals surface area (Å²) in [6.45, 7) is 0. The lowest BCUT2D eigenvalue weighted by Crippen LogP contribution is -1.95. The third-order valence-electron chi connectivity index (χ3n) is 3.17. The molecule has 0 saturated heterocycles. The number of fused-ring (bicyclic) bond motifs is 3. The third kappa shape index (κ3) is 1.92. The van der Waals surface area contributed by atoms with Gasteiger partial charge in [0.2, 0.25) is 5.28 Å². The molecule has 0 aliphatic heterocycles. The number of nitrogens with zero attached hydrogens (tertiary/aromatic N) is 6. The Labute approximate surface area is 132 Å². The fraction of sp³-hybridized carbons (Fsp3) is 0.0769. The van der Waals surface area contributed by atoms with Crippen LogP contribution in [0.5, 0.6) is 0 Å². The van der Waals surface area contributed by atoms with Gasteiger partial charge in [-0.3, -0.25) is 4.68 Å². The fourth-order valence-electron chi connectivity index (χ4n) is 2.24. The lowest BCUT2D eigenvalue weighted by molar-refractivity contribution is 0.768. The zero-order chi connectivity index (χ0) is 14.6. The van der Waals surface area contributed by atoms with Crippen LogP contribution in [0.25, 0.3) is 27.9 Å². The molecule has 4 aromatic rings. The molecular formula is C13H8BrClN6. The minimum Gasteiger partial charge on any atom is -0.275 e. The normalized spacial score (nSPS) is 11.6. The van der Waals surface area contributed by atoms with E-state index in [2.05, 4.69) is 36.1 Å². The zero-order valence-electron chi connectivity index (χ0n) is 10.8. The molecule has 0 amide bonds. The number of aromatic nitrogens is 6. The average molecular weight is 364 g/mol. The molecule has 0 N–H and O–H groups in total. The highest BCUT2D eigenvalue weighted by atomic mass is 79.9. The van der Waals surface area contributed by atoms with Crippen molar-refractivity contribution in [3.63, 3.8) is 0 Å². The monoisotopic (exact) mass is 362 g/mol. The molecule has 0 saturated carbocycles. The number of hydrogen-bond donors (Lipinski definition) is 0. The van der Waals surface area contributed by atoms with E-state index in [0.29, 0.717) is 11.5 Å². The molecule has 0 fully saturated rings. The average Bonchev–Trinajstić information content (AvgIpc) is 3.05. The van der Waals surface area contributed by atoms with E-state index < -0.39 is 0 Å². The van der Waals surface area contributed by atoms with Crippen LogP contribution in [0.1, 0.15) is 0 Å². The molecule has 3 heterocycles. The predicted octanol–water partition coefficient (Wildman–Crippen LogP) is 3.09. The maximum absolute atomic E-state index is 6.21. The largest absolute Gasteiger partial charge is 0.275 e. The molecule has 4 rings (SSSR count). The van der Waals surface area contributed by atoms with Crippen LogP contribution in [0.15, 0.2) is 35.1 Å². The Morgan fingerprint density at radius 1 is 1.24 bits per heavy atom. The standard InChI is InChI=1S/C13H8BrClN6/c1-20-6-7(5-16-20)11-18-12-10-8(14)3-2-4-9(10)17-13(15)21(12)19-11/h2-6H,1H3. The molecule has 0 aliphatic rings. The summed E-state index contributed by atoms with van der Waals surface area (Å²) in [7, 11) is 1.85. The molecule has 0 unspecified atom stereocenters.